The highest BCUT2D eigenvalue weighted by Gasteiger charge is 2.17. The zero-order valence-corrected chi connectivity index (χ0v) is 16.1. The molecule has 142 valence electrons. The number of hydrogen-bond donors (Lipinski definition) is 1. The molecule has 1 aliphatic heterocycles. The summed E-state index contributed by atoms with van der Waals surface area (Å²) in [6.07, 6.45) is 2.12. The van der Waals surface area contributed by atoms with Gasteiger partial charge in [-0.2, -0.15) is 5.26 Å². The molecule has 7 nitrogen and oxygen atoms in total. The number of nitrogens with zero attached hydrogens (tertiary/aromatic N) is 2. The Hall–Kier alpha value is -2.50. The average Bonchev–Trinajstić information content (AvgIpc) is 3.22. The van der Waals surface area contributed by atoms with Crippen molar-refractivity contribution in [1.29, 1.82) is 5.26 Å². The molecule has 1 fully saturated rings. The molecular weight excluding hydrogens is 366 g/mol. The van der Waals surface area contributed by atoms with Gasteiger partial charge in [-0.05, 0) is 25.0 Å². The average molecular weight is 387 g/mol. The second kappa shape index (κ2) is 8.93. The molecule has 2 aromatic rings. The van der Waals surface area contributed by atoms with Gasteiger partial charge >= 0.3 is 0 Å². The van der Waals surface area contributed by atoms with Gasteiger partial charge in [0.05, 0.1) is 37.2 Å². The Morgan fingerprint density at radius 1 is 1.37 bits per heavy atom. The lowest BCUT2D eigenvalue weighted by Gasteiger charge is -2.12. The van der Waals surface area contributed by atoms with E-state index in [1.807, 2.05) is 0 Å². The van der Waals surface area contributed by atoms with Gasteiger partial charge in [0.25, 0.3) is 0 Å². The summed E-state index contributed by atoms with van der Waals surface area (Å²) in [7, 11) is 3.11. The number of methoxy groups -OCH3 is 2. The fraction of sp³-hybridized carbons (Fsp3) is 0.421. The van der Waals surface area contributed by atoms with Crippen molar-refractivity contribution in [3.63, 3.8) is 0 Å². The summed E-state index contributed by atoms with van der Waals surface area (Å²) in [5.41, 5.74) is 1.10. The van der Waals surface area contributed by atoms with Crippen LogP contribution in [-0.2, 0) is 9.53 Å². The van der Waals surface area contributed by atoms with E-state index in [-0.39, 0.29) is 17.8 Å². The standard InChI is InChI=1S/C19H21N3O4S/c1-24-16-7-12-6-13(9-20)19(22-15(12)8-17(16)25-2)27-11-18(23)21-10-14-4-3-5-26-14/h6-8,14H,3-5,10-11H2,1-2H3,(H,21,23)/t14-/m0/s1. The molecule has 1 aromatic heterocycles. The second-order valence-electron chi connectivity index (χ2n) is 6.08. The van der Waals surface area contributed by atoms with Crippen molar-refractivity contribution in [3.8, 4) is 17.6 Å². The topological polar surface area (TPSA) is 93.5 Å². The molecule has 0 spiro atoms. The maximum Gasteiger partial charge on any atom is 0.230 e. The molecule has 27 heavy (non-hydrogen) atoms. The number of fused-ring (bicyclic) bond motifs is 1. The van der Waals surface area contributed by atoms with Crippen LogP contribution in [-0.4, -0.2) is 50.1 Å². The zero-order valence-electron chi connectivity index (χ0n) is 15.3. The first-order valence-electron chi connectivity index (χ1n) is 8.62. The van der Waals surface area contributed by atoms with E-state index >= 15 is 0 Å². The van der Waals surface area contributed by atoms with Crippen LogP contribution in [0.1, 0.15) is 18.4 Å². The van der Waals surface area contributed by atoms with Gasteiger partial charge in [-0.3, -0.25) is 4.79 Å². The fourth-order valence-electron chi connectivity index (χ4n) is 2.89. The van der Waals surface area contributed by atoms with Gasteiger partial charge in [-0.15, -0.1) is 0 Å². The molecule has 1 aliphatic rings. The predicted molar refractivity (Wildman–Crippen MR) is 102 cm³/mol. The molecule has 0 unspecified atom stereocenters. The highest BCUT2D eigenvalue weighted by molar-refractivity contribution is 8.00. The lowest BCUT2D eigenvalue weighted by Crippen LogP contribution is -2.32. The smallest absolute Gasteiger partial charge is 0.230 e. The van der Waals surface area contributed by atoms with Gasteiger partial charge in [-0.25, -0.2) is 4.98 Å². The molecule has 1 saturated heterocycles. The summed E-state index contributed by atoms with van der Waals surface area (Å²) >= 11 is 1.24. The molecule has 2 heterocycles. The lowest BCUT2D eigenvalue weighted by atomic mass is 10.1. The number of benzene rings is 1. The molecule has 0 radical (unpaired) electrons. The van der Waals surface area contributed by atoms with Crippen LogP contribution >= 0.6 is 11.8 Å². The molecule has 3 rings (SSSR count). The summed E-state index contributed by atoms with van der Waals surface area (Å²) in [6, 6.07) is 7.44. The van der Waals surface area contributed by atoms with Gasteiger partial charge in [0, 0.05) is 24.6 Å². The highest BCUT2D eigenvalue weighted by Crippen LogP contribution is 2.33. The number of thioether (sulfide) groups is 1. The van der Waals surface area contributed by atoms with Crippen molar-refractivity contribution in [2.24, 2.45) is 0 Å². The van der Waals surface area contributed by atoms with Gasteiger partial charge in [0.1, 0.15) is 11.1 Å². The Bertz CT molecular complexity index is 875. The van der Waals surface area contributed by atoms with E-state index in [9.17, 15) is 10.1 Å². The molecule has 1 N–H and O–H groups in total. The fourth-order valence-corrected chi connectivity index (χ4v) is 3.68. The lowest BCUT2D eigenvalue weighted by molar-refractivity contribution is -0.119. The number of rotatable bonds is 7. The van der Waals surface area contributed by atoms with E-state index in [0.717, 1.165) is 24.8 Å². The second-order valence-corrected chi connectivity index (χ2v) is 7.04. The molecular formula is C19H21N3O4S. The van der Waals surface area contributed by atoms with E-state index in [2.05, 4.69) is 16.4 Å². The first-order valence-corrected chi connectivity index (χ1v) is 9.61. The van der Waals surface area contributed by atoms with E-state index in [0.29, 0.717) is 34.1 Å². The number of hydrogen-bond acceptors (Lipinski definition) is 7. The summed E-state index contributed by atoms with van der Waals surface area (Å²) in [5.74, 6) is 1.22. The molecule has 0 saturated carbocycles. The Balaban J connectivity index is 1.72. The number of ether oxygens (including phenoxy) is 3. The van der Waals surface area contributed by atoms with Crippen LogP contribution < -0.4 is 14.8 Å². The van der Waals surface area contributed by atoms with Crippen LogP contribution in [0.2, 0.25) is 0 Å². The number of aromatic nitrogens is 1. The van der Waals surface area contributed by atoms with Crippen LogP contribution in [0.5, 0.6) is 11.5 Å². The van der Waals surface area contributed by atoms with Crippen molar-refractivity contribution in [2.45, 2.75) is 24.0 Å². The summed E-state index contributed by atoms with van der Waals surface area (Å²) in [6.45, 7) is 1.28. The monoisotopic (exact) mass is 387 g/mol. The van der Waals surface area contributed by atoms with Crippen LogP contribution in [0.4, 0.5) is 0 Å². The van der Waals surface area contributed by atoms with Gasteiger partial charge in [-0.1, -0.05) is 11.8 Å². The number of nitrogens with one attached hydrogen (secondary N) is 1. The van der Waals surface area contributed by atoms with Crippen LogP contribution in [0.3, 0.4) is 0 Å². The Labute approximate surface area is 162 Å². The van der Waals surface area contributed by atoms with Crippen LogP contribution in [0, 0.1) is 11.3 Å². The van der Waals surface area contributed by atoms with Crippen molar-refractivity contribution >= 4 is 28.6 Å². The van der Waals surface area contributed by atoms with Gasteiger partial charge in [0.15, 0.2) is 11.5 Å². The van der Waals surface area contributed by atoms with E-state index < -0.39 is 0 Å². The van der Waals surface area contributed by atoms with E-state index in [1.54, 1.807) is 32.4 Å². The van der Waals surface area contributed by atoms with Gasteiger partial charge < -0.3 is 19.5 Å². The van der Waals surface area contributed by atoms with E-state index in [1.165, 1.54) is 11.8 Å². The summed E-state index contributed by atoms with van der Waals surface area (Å²) in [4.78, 5) is 16.6. The Morgan fingerprint density at radius 2 is 2.15 bits per heavy atom. The number of nitriles is 1. The first kappa shape index (κ1) is 19.3. The minimum Gasteiger partial charge on any atom is -0.493 e. The number of carbonyl (C=O) groups excluding carboxylic acids is 1. The minimum absolute atomic E-state index is 0.103. The normalized spacial score (nSPS) is 16.1. The van der Waals surface area contributed by atoms with Crippen LogP contribution in [0.15, 0.2) is 23.2 Å². The quantitative estimate of drug-likeness (QED) is 0.730. The molecule has 1 amide bonds. The molecule has 8 heteroatoms. The molecule has 1 atom stereocenters. The van der Waals surface area contributed by atoms with Crippen molar-refractivity contribution < 1.29 is 19.0 Å². The maximum absolute atomic E-state index is 12.1. The third-order valence-corrected chi connectivity index (χ3v) is 5.29. The van der Waals surface area contributed by atoms with Crippen molar-refractivity contribution in [1.82, 2.24) is 10.3 Å². The largest absolute Gasteiger partial charge is 0.493 e. The molecule has 0 bridgehead atoms. The van der Waals surface area contributed by atoms with E-state index in [4.69, 9.17) is 14.2 Å². The minimum atomic E-state index is -0.103. The van der Waals surface area contributed by atoms with Gasteiger partial charge in [0.2, 0.25) is 5.91 Å². The molecule has 0 aliphatic carbocycles. The predicted octanol–water partition coefficient (Wildman–Crippen LogP) is 2.51. The summed E-state index contributed by atoms with van der Waals surface area (Å²) < 4.78 is 16.1. The summed E-state index contributed by atoms with van der Waals surface area (Å²) in [5, 5.41) is 13.6. The number of pyridine rings is 1. The maximum atomic E-state index is 12.1. The first-order chi connectivity index (χ1) is 13.1. The number of carbonyl (C=O) groups is 1. The Morgan fingerprint density at radius 3 is 2.81 bits per heavy atom. The Kier molecular flexibility index (Phi) is 6.37. The third-order valence-electron chi connectivity index (χ3n) is 4.30. The third kappa shape index (κ3) is 4.62. The highest BCUT2D eigenvalue weighted by atomic mass is 32.2. The van der Waals surface area contributed by atoms with Crippen molar-refractivity contribution in [2.75, 3.05) is 33.1 Å². The number of amides is 1. The van der Waals surface area contributed by atoms with Crippen LogP contribution in [0.25, 0.3) is 10.9 Å². The van der Waals surface area contributed by atoms with Crippen molar-refractivity contribution in [3.05, 3.63) is 23.8 Å². The SMILES string of the molecule is COc1cc2cc(C#N)c(SCC(=O)NC[C@@H]3CCCO3)nc2cc1OC. The zero-order chi connectivity index (χ0) is 19.2. The molecule has 1 aromatic carbocycles.